The van der Waals surface area contributed by atoms with Gasteiger partial charge in [-0.15, -0.1) is 0 Å². The van der Waals surface area contributed by atoms with E-state index in [2.05, 4.69) is 35.1 Å². The molecule has 0 aliphatic heterocycles. The van der Waals surface area contributed by atoms with Crippen LogP contribution in [0.1, 0.15) is 29.5 Å². The lowest BCUT2D eigenvalue weighted by atomic mass is 10.0. The molecule has 2 heterocycles. The lowest BCUT2D eigenvalue weighted by Crippen LogP contribution is -2.00. The summed E-state index contributed by atoms with van der Waals surface area (Å²) in [6.45, 7) is 2.54. The van der Waals surface area contributed by atoms with E-state index in [1.807, 2.05) is 30.6 Å². The summed E-state index contributed by atoms with van der Waals surface area (Å²) in [5, 5.41) is 1.04. The number of rotatable bonds is 4. The standard InChI is InChI=1S/C25H21FN2O/c1-14-22-11-17-10-20(3-4-21(17)24(14)22)29-13-19-8-15(2-5-23(19)26)18-9-16-6-7-27-25(16)28-12-18/h2-10,12,14,22,24H,11,13H2,1H3,(H,27,28)/t14-,22-,24-/m0/s1. The van der Waals surface area contributed by atoms with Crippen LogP contribution >= 0.6 is 0 Å². The molecule has 0 bridgehead atoms. The quantitative estimate of drug-likeness (QED) is 0.479. The zero-order valence-electron chi connectivity index (χ0n) is 16.2. The molecule has 2 aromatic heterocycles. The van der Waals surface area contributed by atoms with Crippen LogP contribution in [0.25, 0.3) is 22.2 Å². The number of H-pyrrole nitrogens is 1. The highest BCUT2D eigenvalue weighted by Crippen LogP contribution is 2.61. The van der Waals surface area contributed by atoms with Gasteiger partial charge in [-0.1, -0.05) is 19.1 Å². The number of fused-ring (bicyclic) bond motifs is 4. The fourth-order valence-electron chi connectivity index (χ4n) is 4.92. The highest BCUT2D eigenvalue weighted by molar-refractivity contribution is 5.81. The average molecular weight is 384 g/mol. The second-order valence-electron chi connectivity index (χ2n) is 8.35. The van der Waals surface area contributed by atoms with E-state index in [1.165, 1.54) is 17.2 Å². The predicted octanol–water partition coefficient (Wildman–Crippen LogP) is 5.85. The summed E-state index contributed by atoms with van der Waals surface area (Å²) in [5.74, 6) is 2.96. The Morgan fingerprint density at radius 3 is 2.97 bits per heavy atom. The maximum Gasteiger partial charge on any atom is 0.137 e. The number of hydrogen-bond acceptors (Lipinski definition) is 2. The highest BCUT2D eigenvalue weighted by Gasteiger charge is 2.52. The molecular formula is C25H21FN2O. The summed E-state index contributed by atoms with van der Waals surface area (Å²) in [4.78, 5) is 7.52. The van der Waals surface area contributed by atoms with E-state index in [9.17, 15) is 4.39 Å². The minimum atomic E-state index is -0.249. The Labute approximate surface area is 168 Å². The highest BCUT2D eigenvalue weighted by atomic mass is 19.1. The van der Waals surface area contributed by atoms with Crippen LogP contribution in [0.4, 0.5) is 4.39 Å². The number of nitrogens with one attached hydrogen (secondary N) is 1. The molecule has 0 radical (unpaired) electrons. The van der Waals surface area contributed by atoms with E-state index in [0.717, 1.165) is 52.1 Å². The van der Waals surface area contributed by atoms with Crippen LogP contribution in [0.5, 0.6) is 5.75 Å². The monoisotopic (exact) mass is 384 g/mol. The molecular weight excluding hydrogens is 363 g/mol. The molecule has 144 valence electrons. The molecule has 1 fully saturated rings. The number of benzene rings is 2. The molecule has 2 aromatic carbocycles. The van der Waals surface area contributed by atoms with E-state index in [0.29, 0.717) is 5.56 Å². The molecule has 0 saturated heterocycles. The van der Waals surface area contributed by atoms with Gasteiger partial charge in [0.25, 0.3) is 0 Å². The zero-order valence-corrected chi connectivity index (χ0v) is 16.2. The third-order valence-electron chi connectivity index (χ3n) is 6.66. The normalized spacial score (nSPS) is 21.8. The second kappa shape index (κ2) is 6.18. The number of hydrogen-bond donors (Lipinski definition) is 1. The van der Waals surface area contributed by atoms with Gasteiger partial charge in [0.1, 0.15) is 23.8 Å². The Hall–Kier alpha value is -3.14. The summed E-state index contributed by atoms with van der Waals surface area (Å²) in [5.41, 5.74) is 6.18. The predicted molar refractivity (Wildman–Crippen MR) is 111 cm³/mol. The average Bonchev–Trinajstić information content (AvgIpc) is 3.11. The van der Waals surface area contributed by atoms with Crippen molar-refractivity contribution < 1.29 is 9.13 Å². The first kappa shape index (κ1) is 16.8. The lowest BCUT2D eigenvalue weighted by Gasteiger charge is -2.12. The molecule has 0 unspecified atom stereocenters. The van der Waals surface area contributed by atoms with Gasteiger partial charge >= 0.3 is 0 Å². The molecule has 1 N–H and O–H groups in total. The van der Waals surface area contributed by atoms with E-state index in [1.54, 1.807) is 6.07 Å². The van der Waals surface area contributed by atoms with Crippen molar-refractivity contribution in [3.8, 4) is 16.9 Å². The van der Waals surface area contributed by atoms with Crippen molar-refractivity contribution in [1.82, 2.24) is 9.97 Å². The zero-order chi connectivity index (χ0) is 19.5. The fourth-order valence-corrected chi connectivity index (χ4v) is 4.92. The number of nitrogens with zero attached hydrogens (tertiary/aromatic N) is 1. The van der Waals surface area contributed by atoms with Crippen molar-refractivity contribution in [2.75, 3.05) is 0 Å². The van der Waals surface area contributed by atoms with Crippen molar-refractivity contribution in [2.45, 2.75) is 25.9 Å². The Balaban J connectivity index is 1.24. The van der Waals surface area contributed by atoms with Gasteiger partial charge in [0.2, 0.25) is 0 Å². The van der Waals surface area contributed by atoms with Gasteiger partial charge in [0.15, 0.2) is 0 Å². The molecule has 4 aromatic rings. The van der Waals surface area contributed by atoms with Crippen LogP contribution in [0.3, 0.4) is 0 Å². The van der Waals surface area contributed by atoms with Gasteiger partial charge in [-0.3, -0.25) is 0 Å². The van der Waals surface area contributed by atoms with Crippen LogP contribution in [0, 0.1) is 17.7 Å². The van der Waals surface area contributed by atoms with Gasteiger partial charge in [-0.25, -0.2) is 9.37 Å². The topological polar surface area (TPSA) is 37.9 Å². The number of pyridine rings is 1. The van der Waals surface area contributed by atoms with E-state index < -0.39 is 0 Å². The second-order valence-corrected chi connectivity index (χ2v) is 8.35. The summed E-state index contributed by atoms with van der Waals surface area (Å²) < 4.78 is 20.4. The van der Waals surface area contributed by atoms with Gasteiger partial charge in [0, 0.05) is 28.9 Å². The first-order valence-corrected chi connectivity index (χ1v) is 10.1. The van der Waals surface area contributed by atoms with Gasteiger partial charge in [-0.2, -0.15) is 0 Å². The summed E-state index contributed by atoms with van der Waals surface area (Å²) in [7, 11) is 0. The molecule has 3 nitrogen and oxygen atoms in total. The number of aromatic amines is 1. The molecule has 3 atom stereocenters. The van der Waals surface area contributed by atoms with Crippen LogP contribution in [-0.4, -0.2) is 9.97 Å². The molecule has 29 heavy (non-hydrogen) atoms. The smallest absolute Gasteiger partial charge is 0.137 e. The van der Waals surface area contributed by atoms with Gasteiger partial charge in [0.05, 0.1) is 0 Å². The molecule has 1 saturated carbocycles. The third-order valence-corrected chi connectivity index (χ3v) is 6.66. The third kappa shape index (κ3) is 2.74. The Kier molecular flexibility index (Phi) is 3.58. The number of halogens is 1. The van der Waals surface area contributed by atoms with Crippen LogP contribution < -0.4 is 4.74 Å². The largest absolute Gasteiger partial charge is 0.489 e. The minimum absolute atomic E-state index is 0.210. The van der Waals surface area contributed by atoms with E-state index in [4.69, 9.17) is 4.74 Å². The van der Waals surface area contributed by atoms with Crippen molar-refractivity contribution in [2.24, 2.45) is 11.8 Å². The minimum Gasteiger partial charge on any atom is -0.489 e. The first-order chi connectivity index (χ1) is 14.2. The Morgan fingerprint density at radius 1 is 1.10 bits per heavy atom. The fraction of sp³-hybridized carbons (Fsp3) is 0.240. The number of ether oxygens (including phenoxy) is 1. The molecule has 6 rings (SSSR count). The maximum absolute atomic E-state index is 14.4. The number of aromatic nitrogens is 2. The lowest BCUT2D eigenvalue weighted by molar-refractivity contribution is 0.299. The van der Waals surface area contributed by atoms with Crippen molar-refractivity contribution in [1.29, 1.82) is 0 Å². The maximum atomic E-state index is 14.4. The Morgan fingerprint density at radius 2 is 2.03 bits per heavy atom. The molecule has 2 aliphatic rings. The summed E-state index contributed by atoms with van der Waals surface area (Å²) in [6, 6.07) is 15.6. The summed E-state index contributed by atoms with van der Waals surface area (Å²) in [6.07, 6.45) is 4.83. The van der Waals surface area contributed by atoms with E-state index in [-0.39, 0.29) is 12.4 Å². The van der Waals surface area contributed by atoms with Crippen molar-refractivity contribution in [3.63, 3.8) is 0 Å². The van der Waals surface area contributed by atoms with Crippen molar-refractivity contribution >= 4 is 11.0 Å². The van der Waals surface area contributed by atoms with Crippen molar-refractivity contribution in [3.05, 3.63) is 83.4 Å². The van der Waals surface area contributed by atoms with Gasteiger partial charge < -0.3 is 9.72 Å². The molecule has 4 heteroatoms. The SMILES string of the molecule is C[C@H]1[C@@H]2Cc3cc(OCc4cc(-c5cnc6[nH]ccc6c5)ccc4F)ccc3[C@H]12. The van der Waals surface area contributed by atoms with Gasteiger partial charge in [-0.05, 0) is 77.3 Å². The van der Waals surface area contributed by atoms with Crippen LogP contribution in [-0.2, 0) is 13.0 Å². The van der Waals surface area contributed by atoms with Crippen LogP contribution in [0.2, 0.25) is 0 Å². The summed E-state index contributed by atoms with van der Waals surface area (Å²) >= 11 is 0. The van der Waals surface area contributed by atoms with E-state index >= 15 is 0 Å². The van der Waals surface area contributed by atoms with Crippen LogP contribution in [0.15, 0.2) is 60.9 Å². The molecule has 0 spiro atoms. The molecule has 2 aliphatic carbocycles. The molecule has 0 amide bonds. The first-order valence-electron chi connectivity index (χ1n) is 10.1. The Bertz CT molecular complexity index is 1240.